The minimum Gasteiger partial charge on any atom is -0.489 e. The summed E-state index contributed by atoms with van der Waals surface area (Å²) in [4.78, 5) is 3.91. The molecule has 0 aliphatic carbocycles. The second-order valence-corrected chi connectivity index (χ2v) is 4.44. The molecule has 2 rings (SSSR count). The molecule has 1 heterocycles. The van der Waals surface area contributed by atoms with Gasteiger partial charge in [-0.15, -0.1) is 0 Å². The van der Waals surface area contributed by atoms with Crippen molar-refractivity contribution in [3.05, 3.63) is 59.4 Å². The molecule has 0 aliphatic rings. The van der Waals surface area contributed by atoms with E-state index in [2.05, 4.69) is 4.98 Å². The van der Waals surface area contributed by atoms with Gasteiger partial charge in [-0.05, 0) is 41.8 Å². The Balaban J connectivity index is 1.98. The van der Waals surface area contributed by atoms with Crippen LogP contribution in [-0.2, 0) is 6.61 Å². The molecule has 0 amide bonds. The normalized spacial score (nSPS) is 11.7. The zero-order valence-corrected chi connectivity index (χ0v) is 11.3. The van der Waals surface area contributed by atoms with E-state index in [0.717, 1.165) is 16.9 Å². The Morgan fingerprint density at radius 2 is 2.05 bits per heavy atom. The highest BCUT2D eigenvalue weighted by molar-refractivity contribution is 5.29. The average molecular weight is 268 g/mol. The minimum atomic E-state index is -0.428. The van der Waals surface area contributed by atoms with Crippen LogP contribution in [0.3, 0.4) is 0 Å². The summed E-state index contributed by atoms with van der Waals surface area (Å²) in [7, 11) is 0. The summed E-state index contributed by atoms with van der Waals surface area (Å²) in [6, 6.07) is 12.9. The predicted molar refractivity (Wildman–Crippen MR) is 75.0 cm³/mol. The summed E-state index contributed by atoms with van der Waals surface area (Å²) in [5.41, 5.74) is 2.16. The maximum Gasteiger partial charge on any atom is 0.140 e. The van der Waals surface area contributed by atoms with Crippen LogP contribution in [-0.4, -0.2) is 10.1 Å². The Morgan fingerprint density at radius 1 is 1.30 bits per heavy atom. The first-order valence-corrected chi connectivity index (χ1v) is 6.48. The second-order valence-electron chi connectivity index (χ2n) is 4.44. The van der Waals surface area contributed by atoms with E-state index in [1.807, 2.05) is 43.3 Å². The standard InChI is InChI=1S/C16H16N2O2/c1-2-16(19)13-3-5-15(6-4-13)20-11-12-7-8-18-14(9-12)10-17/h3-9,16,19H,2,11H2,1H3/t16-/m0/s1. The summed E-state index contributed by atoms with van der Waals surface area (Å²) in [5, 5.41) is 18.5. The monoisotopic (exact) mass is 268 g/mol. The number of rotatable bonds is 5. The molecule has 20 heavy (non-hydrogen) atoms. The lowest BCUT2D eigenvalue weighted by molar-refractivity contribution is 0.173. The van der Waals surface area contributed by atoms with Gasteiger partial charge in [-0.1, -0.05) is 19.1 Å². The Hall–Kier alpha value is -2.38. The highest BCUT2D eigenvalue weighted by Crippen LogP contribution is 2.20. The Bertz CT molecular complexity index is 603. The molecule has 0 unspecified atom stereocenters. The summed E-state index contributed by atoms with van der Waals surface area (Å²) in [6.07, 6.45) is 1.86. The molecule has 1 aromatic carbocycles. The van der Waals surface area contributed by atoms with Gasteiger partial charge in [0.05, 0.1) is 6.10 Å². The Morgan fingerprint density at radius 3 is 2.70 bits per heavy atom. The van der Waals surface area contributed by atoms with E-state index in [4.69, 9.17) is 10.00 Å². The number of aliphatic hydroxyl groups is 1. The molecule has 0 radical (unpaired) electrons. The number of aromatic nitrogens is 1. The fourth-order valence-corrected chi connectivity index (χ4v) is 1.81. The third-order valence-electron chi connectivity index (χ3n) is 3.00. The number of ether oxygens (including phenoxy) is 1. The maximum atomic E-state index is 9.71. The predicted octanol–water partition coefficient (Wildman–Crippen LogP) is 2.98. The van der Waals surface area contributed by atoms with Crippen molar-refractivity contribution in [1.82, 2.24) is 4.98 Å². The lowest BCUT2D eigenvalue weighted by Gasteiger charge is -2.10. The van der Waals surface area contributed by atoms with Crippen LogP contribution in [0.5, 0.6) is 5.75 Å². The molecular weight excluding hydrogens is 252 g/mol. The Labute approximate surface area is 118 Å². The van der Waals surface area contributed by atoms with Crippen molar-refractivity contribution in [3.63, 3.8) is 0 Å². The van der Waals surface area contributed by atoms with E-state index in [0.29, 0.717) is 18.7 Å². The number of hydrogen-bond acceptors (Lipinski definition) is 4. The first kappa shape index (κ1) is 14.0. The molecule has 0 aliphatic heterocycles. The van der Waals surface area contributed by atoms with Crippen molar-refractivity contribution in [2.75, 3.05) is 0 Å². The van der Waals surface area contributed by atoms with Gasteiger partial charge in [0.1, 0.15) is 24.1 Å². The molecule has 102 valence electrons. The van der Waals surface area contributed by atoms with E-state index in [9.17, 15) is 5.11 Å². The smallest absolute Gasteiger partial charge is 0.140 e. The van der Waals surface area contributed by atoms with E-state index in [-0.39, 0.29) is 0 Å². The van der Waals surface area contributed by atoms with E-state index in [1.165, 1.54) is 0 Å². The molecule has 0 bridgehead atoms. The molecule has 0 saturated carbocycles. The van der Waals surface area contributed by atoms with Crippen LogP contribution < -0.4 is 4.74 Å². The van der Waals surface area contributed by atoms with Crippen LogP contribution in [0.25, 0.3) is 0 Å². The first-order chi connectivity index (χ1) is 9.72. The van der Waals surface area contributed by atoms with Gasteiger partial charge in [0.25, 0.3) is 0 Å². The zero-order valence-electron chi connectivity index (χ0n) is 11.3. The van der Waals surface area contributed by atoms with Gasteiger partial charge in [0.15, 0.2) is 0 Å². The summed E-state index contributed by atoms with van der Waals surface area (Å²) < 4.78 is 5.64. The van der Waals surface area contributed by atoms with Gasteiger partial charge in [0, 0.05) is 6.20 Å². The second kappa shape index (κ2) is 6.69. The van der Waals surface area contributed by atoms with Gasteiger partial charge in [-0.2, -0.15) is 5.26 Å². The first-order valence-electron chi connectivity index (χ1n) is 6.48. The number of hydrogen-bond donors (Lipinski definition) is 1. The van der Waals surface area contributed by atoms with Crippen LogP contribution in [0.2, 0.25) is 0 Å². The number of pyridine rings is 1. The molecular formula is C16H16N2O2. The van der Waals surface area contributed by atoms with Crippen LogP contribution in [0.1, 0.15) is 36.3 Å². The van der Waals surface area contributed by atoms with Gasteiger partial charge in [-0.25, -0.2) is 4.98 Å². The lowest BCUT2D eigenvalue weighted by Crippen LogP contribution is -1.98. The van der Waals surface area contributed by atoms with Crippen molar-refractivity contribution >= 4 is 0 Å². The van der Waals surface area contributed by atoms with E-state index < -0.39 is 6.10 Å². The summed E-state index contributed by atoms with van der Waals surface area (Å²) in [6.45, 7) is 2.32. The minimum absolute atomic E-state index is 0.382. The number of aliphatic hydroxyl groups excluding tert-OH is 1. The molecule has 0 saturated heterocycles. The highest BCUT2D eigenvalue weighted by Gasteiger charge is 2.04. The summed E-state index contributed by atoms with van der Waals surface area (Å²) >= 11 is 0. The highest BCUT2D eigenvalue weighted by atomic mass is 16.5. The number of benzene rings is 1. The molecule has 1 aromatic heterocycles. The number of nitriles is 1. The van der Waals surface area contributed by atoms with Crippen molar-refractivity contribution in [2.45, 2.75) is 26.1 Å². The van der Waals surface area contributed by atoms with E-state index >= 15 is 0 Å². The topological polar surface area (TPSA) is 66.1 Å². The third kappa shape index (κ3) is 3.56. The summed E-state index contributed by atoms with van der Waals surface area (Å²) in [5.74, 6) is 0.729. The van der Waals surface area contributed by atoms with Crippen LogP contribution in [0.15, 0.2) is 42.6 Å². The third-order valence-corrected chi connectivity index (χ3v) is 3.00. The molecule has 2 aromatic rings. The number of nitrogens with zero attached hydrogens (tertiary/aromatic N) is 2. The van der Waals surface area contributed by atoms with Crippen LogP contribution >= 0.6 is 0 Å². The molecule has 1 N–H and O–H groups in total. The van der Waals surface area contributed by atoms with Gasteiger partial charge < -0.3 is 9.84 Å². The molecule has 1 atom stereocenters. The molecule has 0 fully saturated rings. The van der Waals surface area contributed by atoms with Crippen LogP contribution in [0, 0.1) is 11.3 Å². The SMILES string of the molecule is CC[C@H](O)c1ccc(OCc2ccnc(C#N)c2)cc1. The molecule has 0 spiro atoms. The van der Waals surface area contributed by atoms with Crippen molar-refractivity contribution in [2.24, 2.45) is 0 Å². The largest absolute Gasteiger partial charge is 0.489 e. The Kier molecular flexibility index (Phi) is 4.70. The molecule has 4 heteroatoms. The van der Waals surface area contributed by atoms with E-state index in [1.54, 1.807) is 12.3 Å². The zero-order chi connectivity index (χ0) is 14.4. The fourth-order valence-electron chi connectivity index (χ4n) is 1.81. The van der Waals surface area contributed by atoms with Crippen molar-refractivity contribution in [1.29, 1.82) is 5.26 Å². The quantitative estimate of drug-likeness (QED) is 0.905. The van der Waals surface area contributed by atoms with Crippen molar-refractivity contribution < 1.29 is 9.84 Å². The van der Waals surface area contributed by atoms with Crippen molar-refractivity contribution in [3.8, 4) is 11.8 Å². The van der Waals surface area contributed by atoms with Gasteiger partial charge >= 0.3 is 0 Å². The molecule has 4 nitrogen and oxygen atoms in total. The van der Waals surface area contributed by atoms with Gasteiger partial charge in [0.2, 0.25) is 0 Å². The van der Waals surface area contributed by atoms with Gasteiger partial charge in [-0.3, -0.25) is 0 Å². The van der Waals surface area contributed by atoms with Crippen LogP contribution in [0.4, 0.5) is 0 Å². The lowest BCUT2D eigenvalue weighted by atomic mass is 10.1. The fraction of sp³-hybridized carbons (Fsp3) is 0.250. The maximum absolute atomic E-state index is 9.71. The average Bonchev–Trinajstić information content (AvgIpc) is 2.53.